The maximum atomic E-state index is 11.8. The smallest absolute Gasteiger partial charge is 0.306 e. The highest BCUT2D eigenvalue weighted by atomic mass is 16.5. The summed E-state index contributed by atoms with van der Waals surface area (Å²) < 4.78 is 5.28. The fourth-order valence-electron chi connectivity index (χ4n) is 3.24. The van der Waals surface area contributed by atoms with E-state index < -0.39 is 0 Å². The lowest BCUT2D eigenvalue weighted by Crippen LogP contribution is -2.35. The Balaban J connectivity index is 1.80. The average molecular weight is 279 g/mol. The van der Waals surface area contributed by atoms with Gasteiger partial charge in [-0.05, 0) is 57.5 Å². The Morgan fingerprint density at radius 3 is 2.80 bits per heavy atom. The molecule has 1 aliphatic carbocycles. The Bertz CT molecular complexity index is 343. The number of hydrogen-bond acceptors (Lipinski definition) is 3. The number of carbonyl (C=O) groups excluding carboxylic acids is 1. The van der Waals surface area contributed by atoms with Gasteiger partial charge in [0.25, 0.3) is 0 Å². The molecule has 0 bridgehead atoms. The summed E-state index contributed by atoms with van der Waals surface area (Å²) in [5.74, 6) is 0.385. The van der Waals surface area contributed by atoms with Gasteiger partial charge in [0.15, 0.2) is 0 Å². The van der Waals surface area contributed by atoms with E-state index in [4.69, 9.17) is 4.74 Å². The number of rotatable bonds is 6. The molecule has 114 valence electrons. The lowest BCUT2D eigenvalue weighted by molar-refractivity contribution is -0.144. The second kappa shape index (κ2) is 7.82. The zero-order valence-corrected chi connectivity index (χ0v) is 13.1. The third kappa shape index (κ3) is 4.62. The highest BCUT2D eigenvalue weighted by Crippen LogP contribution is 2.29. The van der Waals surface area contributed by atoms with Gasteiger partial charge >= 0.3 is 5.97 Å². The molecule has 0 saturated carbocycles. The van der Waals surface area contributed by atoms with E-state index in [1.54, 1.807) is 0 Å². The first-order valence-electron chi connectivity index (χ1n) is 8.25. The fourth-order valence-corrected chi connectivity index (χ4v) is 3.24. The molecule has 1 aliphatic heterocycles. The standard InChI is InChI=1S/C17H29NO2/c1-14(2)13-20-17(19)10-9-15-7-3-4-8-16(15)18-11-5-6-12-18/h7,14,16H,3-6,8-13H2,1-2H3. The molecule has 1 unspecified atom stereocenters. The van der Waals surface area contributed by atoms with Gasteiger partial charge in [-0.15, -0.1) is 0 Å². The minimum Gasteiger partial charge on any atom is -0.465 e. The van der Waals surface area contributed by atoms with Crippen molar-refractivity contribution in [3.8, 4) is 0 Å². The number of likely N-dealkylation sites (tertiary alicyclic amines) is 1. The average Bonchev–Trinajstić information content (AvgIpc) is 2.97. The van der Waals surface area contributed by atoms with Gasteiger partial charge in [0.2, 0.25) is 0 Å². The summed E-state index contributed by atoms with van der Waals surface area (Å²) in [5, 5.41) is 0. The molecule has 1 saturated heterocycles. The van der Waals surface area contributed by atoms with E-state index >= 15 is 0 Å². The second-order valence-corrected chi connectivity index (χ2v) is 6.55. The van der Waals surface area contributed by atoms with E-state index in [-0.39, 0.29) is 5.97 Å². The number of hydrogen-bond donors (Lipinski definition) is 0. The van der Waals surface area contributed by atoms with Crippen LogP contribution in [0.5, 0.6) is 0 Å². The van der Waals surface area contributed by atoms with Crippen LogP contribution in [0.2, 0.25) is 0 Å². The first-order valence-corrected chi connectivity index (χ1v) is 8.25. The molecule has 0 amide bonds. The Kier molecular flexibility index (Phi) is 6.08. The summed E-state index contributed by atoms with van der Waals surface area (Å²) in [5.41, 5.74) is 1.49. The van der Waals surface area contributed by atoms with E-state index in [2.05, 4.69) is 24.8 Å². The van der Waals surface area contributed by atoms with Gasteiger partial charge in [-0.25, -0.2) is 0 Å². The maximum absolute atomic E-state index is 11.8. The third-order valence-corrected chi connectivity index (χ3v) is 4.29. The summed E-state index contributed by atoms with van der Waals surface area (Å²) in [6.07, 6.45) is 10.2. The van der Waals surface area contributed by atoms with Gasteiger partial charge in [-0.3, -0.25) is 9.69 Å². The van der Waals surface area contributed by atoms with Crippen LogP contribution in [0, 0.1) is 5.92 Å². The molecule has 3 nitrogen and oxygen atoms in total. The van der Waals surface area contributed by atoms with Crippen molar-refractivity contribution in [2.75, 3.05) is 19.7 Å². The molecule has 1 fully saturated rings. The number of esters is 1. The molecule has 3 heteroatoms. The van der Waals surface area contributed by atoms with Crippen molar-refractivity contribution in [3.05, 3.63) is 11.6 Å². The second-order valence-electron chi connectivity index (χ2n) is 6.55. The lowest BCUT2D eigenvalue weighted by atomic mass is 9.90. The van der Waals surface area contributed by atoms with E-state index in [9.17, 15) is 4.79 Å². The molecule has 1 heterocycles. The van der Waals surface area contributed by atoms with Gasteiger partial charge in [-0.2, -0.15) is 0 Å². The third-order valence-electron chi connectivity index (χ3n) is 4.29. The van der Waals surface area contributed by atoms with Crippen molar-refractivity contribution in [3.63, 3.8) is 0 Å². The van der Waals surface area contributed by atoms with Crippen LogP contribution < -0.4 is 0 Å². The van der Waals surface area contributed by atoms with Crippen LogP contribution in [0.3, 0.4) is 0 Å². The Labute approximate surface area is 123 Å². The molecule has 0 aromatic heterocycles. The Morgan fingerprint density at radius 1 is 1.35 bits per heavy atom. The van der Waals surface area contributed by atoms with Crippen LogP contribution in [-0.4, -0.2) is 36.6 Å². The summed E-state index contributed by atoms with van der Waals surface area (Å²) in [7, 11) is 0. The molecule has 0 aromatic carbocycles. The molecule has 2 aliphatic rings. The van der Waals surface area contributed by atoms with E-state index in [1.807, 2.05) is 0 Å². The van der Waals surface area contributed by atoms with Crippen LogP contribution in [0.15, 0.2) is 11.6 Å². The first kappa shape index (κ1) is 15.6. The SMILES string of the molecule is CC(C)COC(=O)CCC1=CCCCC1N1CCCC1. The van der Waals surface area contributed by atoms with Crippen molar-refractivity contribution in [2.24, 2.45) is 5.92 Å². The molecule has 0 radical (unpaired) electrons. The van der Waals surface area contributed by atoms with Gasteiger partial charge < -0.3 is 4.74 Å². The van der Waals surface area contributed by atoms with Crippen molar-refractivity contribution in [1.82, 2.24) is 4.90 Å². The molecule has 2 rings (SSSR count). The van der Waals surface area contributed by atoms with Crippen LogP contribution in [0.4, 0.5) is 0 Å². The van der Waals surface area contributed by atoms with E-state index in [0.29, 0.717) is 25.0 Å². The quantitative estimate of drug-likeness (QED) is 0.550. The van der Waals surface area contributed by atoms with Crippen LogP contribution in [0.25, 0.3) is 0 Å². The van der Waals surface area contributed by atoms with Gasteiger partial charge in [-0.1, -0.05) is 25.5 Å². The van der Waals surface area contributed by atoms with Gasteiger partial charge in [0.05, 0.1) is 6.61 Å². The normalized spacial score (nSPS) is 23.9. The number of carbonyl (C=O) groups is 1. The molecule has 20 heavy (non-hydrogen) atoms. The summed E-state index contributed by atoms with van der Waals surface area (Å²) in [6.45, 7) is 7.16. The maximum Gasteiger partial charge on any atom is 0.306 e. The number of nitrogens with zero attached hydrogens (tertiary/aromatic N) is 1. The first-order chi connectivity index (χ1) is 9.66. The largest absolute Gasteiger partial charge is 0.465 e. The van der Waals surface area contributed by atoms with E-state index in [1.165, 1.54) is 50.8 Å². The summed E-state index contributed by atoms with van der Waals surface area (Å²) in [6, 6.07) is 0.601. The predicted molar refractivity (Wildman–Crippen MR) is 81.6 cm³/mol. The Morgan fingerprint density at radius 2 is 2.10 bits per heavy atom. The van der Waals surface area contributed by atoms with E-state index in [0.717, 1.165) is 6.42 Å². The van der Waals surface area contributed by atoms with Gasteiger partial charge in [0, 0.05) is 12.5 Å². The lowest BCUT2D eigenvalue weighted by Gasteiger charge is -2.32. The van der Waals surface area contributed by atoms with Crippen LogP contribution >= 0.6 is 0 Å². The van der Waals surface area contributed by atoms with Crippen molar-refractivity contribution < 1.29 is 9.53 Å². The Hall–Kier alpha value is -0.830. The molecule has 0 aromatic rings. The summed E-state index contributed by atoms with van der Waals surface area (Å²) in [4.78, 5) is 14.4. The molecule has 1 atom stereocenters. The minimum atomic E-state index is -0.0367. The van der Waals surface area contributed by atoms with Gasteiger partial charge in [0.1, 0.15) is 0 Å². The zero-order valence-electron chi connectivity index (χ0n) is 13.1. The minimum absolute atomic E-state index is 0.0367. The molecule has 0 spiro atoms. The van der Waals surface area contributed by atoms with Crippen molar-refractivity contribution >= 4 is 5.97 Å². The number of allylic oxidation sites excluding steroid dienone is 1. The molecule has 0 N–H and O–H groups in total. The van der Waals surface area contributed by atoms with Crippen molar-refractivity contribution in [2.45, 2.75) is 64.8 Å². The van der Waals surface area contributed by atoms with Crippen molar-refractivity contribution in [1.29, 1.82) is 0 Å². The molecular formula is C17H29NO2. The monoisotopic (exact) mass is 279 g/mol. The highest BCUT2D eigenvalue weighted by Gasteiger charge is 2.26. The zero-order chi connectivity index (χ0) is 14.4. The summed E-state index contributed by atoms with van der Waals surface area (Å²) >= 11 is 0. The van der Waals surface area contributed by atoms with Crippen LogP contribution in [0.1, 0.15) is 58.8 Å². The fraction of sp³-hybridized carbons (Fsp3) is 0.824. The molecular weight excluding hydrogens is 250 g/mol. The predicted octanol–water partition coefficient (Wildman–Crippen LogP) is 3.54. The highest BCUT2D eigenvalue weighted by molar-refractivity contribution is 5.69. The topological polar surface area (TPSA) is 29.5 Å². The van der Waals surface area contributed by atoms with Crippen LogP contribution in [-0.2, 0) is 9.53 Å². The number of ether oxygens (including phenoxy) is 1.